The minimum atomic E-state index is -0.299. The molecule has 0 aliphatic heterocycles. The Bertz CT molecular complexity index is 596. The van der Waals surface area contributed by atoms with Crippen LogP contribution in [0.3, 0.4) is 0 Å². The Kier molecular flexibility index (Phi) is 5.41. The average molecular weight is 364 g/mol. The number of hydrogen-bond donors (Lipinski definition) is 0. The van der Waals surface area contributed by atoms with Crippen LogP contribution in [0.4, 0.5) is 4.39 Å². The van der Waals surface area contributed by atoms with Crippen molar-refractivity contribution in [1.82, 2.24) is 9.55 Å². The lowest BCUT2D eigenvalue weighted by atomic mass is 10.1. The van der Waals surface area contributed by atoms with Crippen LogP contribution in [-0.2, 0) is 10.6 Å². The van der Waals surface area contributed by atoms with Crippen LogP contribution in [0.15, 0.2) is 16.6 Å². The van der Waals surface area contributed by atoms with Crippen molar-refractivity contribution in [2.45, 2.75) is 31.7 Å². The molecule has 2 aromatic rings. The standard InChI is InChI=1S/C14H17BrClFN2O/c1-3-4-9(8-20-2)19-13-6-11(17)10(15)5-12(13)18-14(19)7-16/h5-6,9H,3-4,7-8H2,1-2H3. The maximum atomic E-state index is 13.8. The molecule has 1 unspecified atom stereocenters. The van der Waals surface area contributed by atoms with Gasteiger partial charge in [0.25, 0.3) is 0 Å². The molecule has 0 fully saturated rings. The number of benzene rings is 1. The highest BCUT2D eigenvalue weighted by Crippen LogP contribution is 2.29. The molecule has 1 heterocycles. The van der Waals surface area contributed by atoms with Crippen molar-refractivity contribution in [3.8, 4) is 0 Å². The lowest BCUT2D eigenvalue weighted by Crippen LogP contribution is -2.16. The minimum Gasteiger partial charge on any atom is -0.383 e. The van der Waals surface area contributed by atoms with Crippen molar-refractivity contribution in [2.75, 3.05) is 13.7 Å². The Morgan fingerprint density at radius 2 is 2.25 bits per heavy atom. The van der Waals surface area contributed by atoms with E-state index in [4.69, 9.17) is 16.3 Å². The summed E-state index contributed by atoms with van der Waals surface area (Å²) in [5, 5.41) is 0. The van der Waals surface area contributed by atoms with Crippen molar-refractivity contribution in [3.05, 3.63) is 28.2 Å². The van der Waals surface area contributed by atoms with Gasteiger partial charge in [0.05, 0.1) is 34.0 Å². The van der Waals surface area contributed by atoms with Crippen LogP contribution in [0.5, 0.6) is 0 Å². The van der Waals surface area contributed by atoms with Gasteiger partial charge in [-0.15, -0.1) is 11.6 Å². The van der Waals surface area contributed by atoms with Gasteiger partial charge in [0.1, 0.15) is 11.6 Å². The molecule has 20 heavy (non-hydrogen) atoms. The van der Waals surface area contributed by atoms with Gasteiger partial charge in [-0.1, -0.05) is 13.3 Å². The van der Waals surface area contributed by atoms with Crippen LogP contribution in [0, 0.1) is 5.82 Å². The van der Waals surface area contributed by atoms with Crippen LogP contribution in [0.1, 0.15) is 31.6 Å². The summed E-state index contributed by atoms with van der Waals surface area (Å²) in [4.78, 5) is 4.50. The molecule has 0 amide bonds. The third-order valence-electron chi connectivity index (χ3n) is 3.27. The Morgan fingerprint density at radius 3 is 2.85 bits per heavy atom. The Labute approximate surface area is 131 Å². The van der Waals surface area contributed by atoms with Gasteiger partial charge in [-0.3, -0.25) is 0 Å². The van der Waals surface area contributed by atoms with E-state index in [1.54, 1.807) is 13.2 Å². The predicted octanol–water partition coefficient (Wildman–Crippen LogP) is 4.66. The van der Waals surface area contributed by atoms with Crippen molar-refractivity contribution in [1.29, 1.82) is 0 Å². The molecule has 0 saturated heterocycles. The third-order valence-corrected chi connectivity index (χ3v) is 4.12. The van der Waals surface area contributed by atoms with Crippen LogP contribution >= 0.6 is 27.5 Å². The van der Waals surface area contributed by atoms with Gasteiger partial charge < -0.3 is 9.30 Å². The smallest absolute Gasteiger partial charge is 0.139 e. The van der Waals surface area contributed by atoms with Crippen LogP contribution in [0.2, 0.25) is 0 Å². The molecule has 0 bridgehead atoms. The molecule has 0 spiro atoms. The first kappa shape index (κ1) is 15.7. The molecule has 6 heteroatoms. The normalized spacial score (nSPS) is 13.1. The fourth-order valence-electron chi connectivity index (χ4n) is 2.45. The van der Waals surface area contributed by atoms with E-state index in [1.807, 2.05) is 4.57 Å². The molecule has 3 nitrogen and oxygen atoms in total. The fraction of sp³-hybridized carbons (Fsp3) is 0.500. The molecule has 0 N–H and O–H groups in total. The van der Waals surface area contributed by atoms with Crippen LogP contribution < -0.4 is 0 Å². The van der Waals surface area contributed by atoms with Crippen LogP contribution in [0.25, 0.3) is 11.0 Å². The van der Waals surface area contributed by atoms with Crippen molar-refractivity contribution in [2.24, 2.45) is 0 Å². The molecule has 2 rings (SSSR count). The topological polar surface area (TPSA) is 27.1 Å². The molecular formula is C14H17BrClFN2O. The number of nitrogens with zero attached hydrogens (tertiary/aromatic N) is 2. The van der Waals surface area contributed by atoms with E-state index in [2.05, 4.69) is 27.8 Å². The van der Waals surface area contributed by atoms with Gasteiger partial charge in [-0.2, -0.15) is 0 Å². The van der Waals surface area contributed by atoms with Gasteiger partial charge in [0.2, 0.25) is 0 Å². The summed E-state index contributed by atoms with van der Waals surface area (Å²) in [5.74, 6) is 0.736. The minimum absolute atomic E-state index is 0.115. The summed E-state index contributed by atoms with van der Waals surface area (Å²) < 4.78 is 21.5. The lowest BCUT2D eigenvalue weighted by molar-refractivity contribution is 0.151. The average Bonchev–Trinajstić information content (AvgIpc) is 2.76. The summed E-state index contributed by atoms with van der Waals surface area (Å²) in [6, 6.07) is 3.30. The molecule has 0 radical (unpaired) electrons. The number of alkyl halides is 1. The molecule has 110 valence electrons. The SMILES string of the molecule is CCCC(COC)n1c(CCl)nc2cc(Br)c(F)cc21. The first-order chi connectivity index (χ1) is 9.62. The van der Waals surface area contributed by atoms with Crippen LogP contribution in [-0.4, -0.2) is 23.3 Å². The summed E-state index contributed by atoms with van der Waals surface area (Å²) in [7, 11) is 1.67. The Balaban J connectivity index is 2.61. The monoisotopic (exact) mass is 362 g/mol. The van der Waals surface area contributed by atoms with Gasteiger partial charge in [-0.05, 0) is 28.4 Å². The molecule has 1 atom stereocenters. The van der Waals surface area contributed by atoms with Gasteiger partial charge in [0.15, 0.2) is 0 Å². The number of halogens is 3. The molecule has 1 aromatic heterocycles. The molecular weight excluding hydrogens is 347 g/mol. The highest BCUT2D eigenvalue weighted by Gasteiger charge is 2.19. The lowest BCUT2D eigenvalue weighted by Gasteiger charge is -2.20. The van der Waals surface area contributed by atoms with Gasteiger partial charge in [0, 0.05) is 13.2 Å². The second kappa shape index (κ2) is 6.87. The van der Waals surface area contributed by atoms with E-state index in [9.17, 15) is 4.39 Å². The number of fused-ring (bicyclic) bond motifs is 1. The van der Waals surface area contributed by atoms with Crippen molar-refractivity contribution in [3.63, 3.8) is 0 Å². The summed E-state index contributed by atoms with van der Waals surface area (Å²) in [6.45, 7) is 2.67. The molecule has 0 aliphatic carbocycles. The number of hydrogen-bond acceptors (Lipinski definition) is 2. The number of rotatable bonds is 6. The van der Waals surface area contributed by atoms with E-state index in [0.29, 0.717) is 11.1 Å². The van der Waals surface area contributed by atoms with Crippen molar-refractivity contribution < 1.29 is 9.13 Å². The fourth-order valence-corrected chi connectivity index (χ4v) is 2.97. The molecule has 0 saturated carbocycles. The number of methoxy groups -OCH3 is 1. The van der Waals surface area contributed by atoms with Gasteiger partial charge >= 0.3 is 0 Å². The highest BCUT2D eigenvalue weighted by molar-refractivity contribution is 9.10. The van der Waals surface area contributed by atoms with E-state index in [-0.39, 0.29) is 17.7 Å². The zero-order valence-corrected chi connectivity index (χ0v) is 13.8. The number of aromatic nitrogens is 2. The van der Waals surface area contributed by atoms with Crippen molar-refractivity contribution >= 4 is 38.6 Å². The first-order valence-corrected chi connectivity index (χ1v) is 7.85. The van der Waals surface area contributed by atoms with E-state index >= 15 is 0 Å². The largest absolute Gasteiger partial charge is 0.383 e. The Hall–Kier alpha value is -0.650. The van der Waals surface area contributed by atoms with E-state index in [1.165, 1.54) is 6.07 Å². The zero-order chi connectivity index (χ0) is 14.7. The Morgan fingerprint density at radius 1 is 1.50 bits per heavy atom. The molecule has 1 aromatic carbocycles. The summed E-state index contributed by atoms with van der Waals surface area (Å²) in [6.07, 6.45) is 1.94. The van der Waals surface area contributed by atoms with E-state index < -0.39 is 0 Å². The number of imidazole rings is 1. The predicted molar refractivity (Wildman–Crippen MR) is 82.8 cm³/mol. The maximum Gasteiger partial charge on any atom is 0.139 e. The summed E-state index contributed by atoms with van der Waals surface area (Å²) in [5.41, 5.74) is 1.50. The van der Waals surface area contributed by atoms with Gasteiger partial charge in [-0.25, -0.2) is 9.37 Å². The zero-order valence-electron chi connectivity index (χ0n) is 11.5. The summed E-state index contributed by atoms with van der Waals surface area (Å²) >= 11 is 9.19. The molecule has 0 aliphatic rings. The second-order valence-electron chi connectivity index (χ2n) is 4.68. The second-order valence-corrected chi connectivity index (χ2v) is 5.81. The third kappa shape index (κ3) is 3.00. The highest BCUT2D eigenvalue weighted by atomic mass is 79.9. The van der Waals surface area contributed by atoms with E-state index in [0.717, 1.165) is 29.7 Å². The maximum absolute atomic E-state index is 13.8. The quantitative estimate of drug-likeness (QED) is 0.698. The number of ether oxygens (including phenoxy) is 1. The first-order valence-electron chi connectivity index (χ1n) is 6.53.